The van der Waals surface area contributed by atoms with Gasteiger partial charge in [-0.1, -0.05) is 0 Å². The number of hydrogen-bond donors (Lipinski definition) is 2. The van der Waals surface area contributed by atoms with Gasteiger partial charge in [-0.3, -0.25) is 9.69 Å². The fourth-order valence-electron chi connectivity index (χ4n) is 2.43. The SMILES string of the molecule is NC(=O)c1ccc(NC2CCN(C3CC3)C2)nn1. The zero-order chi connectivity index (χ0) is 12.5. The summed E-state index contributed by atoms with van der Waals surface area (Å²) in [5.74, 6) is 0.164. The molecule has 1 saturated carbocycles. The van der Waals surface area contributed by atoms with Crippen molar-refractivity contribution in [1.29, 1.82) is 0 Å². The van der Waals surface area contributed by atoms with Crippen LogP contribution in [0.3, 0.4) is 0 Å². The predicted molar refractivity (Wildman–Crippen MR) is 67.2 cm³/mol. The summed E-state index contributed by atoms with van der Waals surface area (Å²) in [7, 11) is 0. The Morgan fingerprint density at radius 1 is 1.33 bits per heavy atom. The molecule has 0 bridgehead atoms. The van der Waals surface area contributed by atoms with Crippen LogP contribution in [-0.2, 0) is 0 Å². The summed E-state index contributed by atoms with van der Waals surface area (Å²) in [5.41, 5.74) is 5.32. The Kier molecular flexibility index (Phi) is 2.87. The van der Waals surface area contributed by atoms with Gasteiger partial charge in [0, 0.05) is 25.2 Å². The number of rotatable bonds is 4. The van der Waals surface area contributed by atoms with Gasteiger partial charge in [0.05, 0.1) is 0 Å². The van der Waals surface area contributed by atoms with E-state index in [0.29, 0.717) is 11.9 Å². The monoisotopic (exact) mass is 247 g/mol. The summed E-state index contributed by atoms with van der Waals surface area (Å²) in [4.78, 5) is 13.4. The molecule has 3 rings (SSSR count). The van der Waals surface area contributed by atoms with Crippen LogP contribution in [0.2, 0.25) is 0 Å². The molecule has 2 fully saturated rings. The number of aromatic nitrogens is 2. The van der Waals surface area contributed by atoms with E-state index in [-0.39, 0.29) is 5.69 Å². The molecule has 1 amide bonds. The number of anilines is 1. The van der Waals surface area contributed by atoms with Gasteiger partial charge < -0.3 is 11.1 Å². The molecule has 1 aromatic rings. The molecule has 0 spiro atoms. The Morgan fingerprint density at radius 2 is 2.17 bits per heavy atom. The number of nitrogens with zero attached hydrogens (tertiary/aromatic N) is 3. The van der Waals surface area contributed by atoms with Gasteiger partial charge in [-0.05, 0) is 31.4 Å². The van der Waals surface area contributed by atoms with Crippen molar-refractivity contribution in [2.24, 2.45) is 5.73 Å². The van der Waals surface area contributed by atoms with Gasteiger partial charge in [-0.15, -0.1) is 10.2 Å². The van der Waals surface area contributed by atoms with Crippen molar-refractivity contribution in [3.05, 3.63) is 17.8 Å². The highest BCUT2D eigenvalue weighted by Gasteiger charge is 2.34. The van der Waals surface area contributed by atoms with Crippen LogP contribution >= 0.6 is 0 Å². The van der Waals surface area contributed by atoms with Gasteiger partial charge in [0.15, 0.2) is 5.69 Å². The highest BCUT2D eigenvalue weighted by atomic mass is 16.1. The minimum absolute atomic E-state index is 0.201. The number of primary amides is 1. The lowest BCUT2D eigenvalue weighted by molar-refractivity contribution is 0.0994. The topological polar surface area (TPSA) is 84.1 Å². The summed E-state index contributed by atoms with van der Waals surface area (Å²) >= 11 is 0. The number of nitrogens with one attached hydrogen (secondary N) is 1. The lowest BCUT2D eigenvalue weighted by atomic mass is 10.2. The first-order chi connectivity index (χ1) is 8.72. The third-order valence-electron chi connectivity index (χ3n) is 3.55. The Balaban J connectivity index is 1.57. The van der Waals surface area contributed by atoms with E-state index in [1.54, 1.807) is 12.1 Å². The van der Waals surface area contributed by atoms with Crippen LogP contribution in [-0.4, -0.2) is 46.2 Å². The average molecular weight is 247 g/mol. The lowest BCUT2D eigenvalue weighted by Crippen LogP contribution is -2.28. The maximum Gasteiger partial charge on any atom is 0.269 e. The van der Waals surface area contributed by atoms with E-state index in [1.807, 2.05) is 0 Å². The van der Waals surface area contributed by atoms with Crippen molar-refractivity contribution >= 4 is 11.7 Å². The Labute approximate surface area is 106 Å². The molecule has 0 aromatic carbocycles. The van der Waals surface area contributed by atoms with Crippen molar-refractivity contribution in [3.8, 4) is 0 Å². The first-order valence-corrected chi connectivity index (χ1v) is 6.36. The van der Waals surface area contributed by atoms with Gasteiger partial charge in [-0.25, -0.2) is 0 Å². The fourth-order valence-corrected chi connectivity index (χ4v) is 2.43. The average Bonchev–Trinajstić information content (AvgIpc) is 3.11. The molecule has 18 heavy (non-hydrogen) atoms. The number of likely N-dealkylation sites (tertiary alicyclic amines) is 1. The highest BCUT2D eigenvalue weighted by molar-refractivity contribution is 5.90. The molecule has 1 aliphatic heterocycles. The van der Waals surface area contributed by atoms with E-state index in [2.05, 4.69) is 20.4 Å². The molecule has 1 aromatic heterocycles. The normalized spacial score (nSPS) is 24.1. The van der Waals surface area contributed by atoms with Gasteiger partial charge in [0.25, 0.3) is 5.91 Å². The molecule has 1 aliphatic carbocycles. The second-order valence-electron chi connectivity index (χ2n) is 5.02. The van der Waals surface area contributed by atoms with Crippen molar-refractivity contribution < 1.29 is 4.79 Å². The van der Waals surface area contributed by atoms with Crippen LogP contribution in [0.4, 0.5) is 5.82 Å². The fraction of sp³-hybridized carbons (Fsp3) is 0.583. The summed E-state index contributed by atoms with van der Waals surface area (Å²) < 4.78 is 0. The second-order valence-corrected chi connectivity index (χ2v) is 5.02. The van der Waals surface area contributed by atoms with E-state index < -0.39 is 5.91 Å². The van der Waals surface area contributed by atoms with Crippen LogP contribution in [0.1, 0.15) is 29.8 Å². The van der Waals surface area contributed by atoms with Crippen LogP contribution in [0.5, 0.6) is 0 Å². The van der Waals surface area contributed by atoms with Gasteiger partial charge >= 0.3 is 0 Å². The summed E-state index contributed by atoms with van der Waals surface area (Å²) in [5, 5.41) is 11.1. The molecular weight excluding hydrogens is 230 g/mol. The molecule has 6 heteroatoms. The van der Waals surface area contributed by atoms with Crippen LogP contribution in [0.15, 0.2) is 12.1 Å². The minimum Gasteiger partial charge on any atom is -0.365 e. The number of amides is 1. The number of carbonyl (C=O) groups is 1. The molecule has 1 unspecified atom stereocenters. The summed E-state index contributed by atoms with van der Waals surface area (Å²) in [6, 6.07) is 4.61. The lowest BCUT2D eigenvalue weighted by Gasteiger charge is -2.15. The molecule has 96 valence electrons. The van der Waals surface area contributed by atoms with Crippen LogP contribution in [0.25, 0.3) is 0 Å². The molecule has 6 nitrogen and oxygen atoms in total. The van der Waals surface area contributed by atoms with E-state index >= 15 is 0 Å². The van der Waals surface area contributed by atoms with E-state index in [0.717, 1.165) is 25.6 Å². The predicted octanol–water partition coefficient (Wildman–Crippen LogP) is 0.224. The maximum atomic E-state index is 10.9. The van der Waals surface area contributed by atoms with Crippen molar-refractivity contribution in [3.63, 3.8) is 0 Å². The second kappa shape index (κ2) is 4.53. The first kappa shape index (κ1) is 11.4. The Hall–Kier alpha value is -1.69. The van der Waals surface area contributed by atoms with Gasteiger partial charge in [-0.2, -0.15) is 0 Å². The van der Waals surface area contributed by atoms with E-state index in [9.17, 15) is 4.79 Å². The molecular formula is C12H17N5O. The minimum atomic E-state index is -0.546. The number of hydrogen-bond acceptors (Lipinski definition) is 5. The third kappa shape index (κ3) is 2.43. The first-order valence-electron chi connectivity index (χ1n) is 6.36. The standard InChI is InChI=1S/C12H17N5O/c13-12(18)10-3-4-11(16-15-10)14-8-5-6-17(7-8)9-1-2-9/h3-4,8-9H,1-2,5-7H2,(H2,13,18)(H,14,16). The summed E-state index contributed by atoms with van der Waals surface area (Å²) in [6.07, 6.45) is 3.83. The third-order valence-corrected chi connectivity index (χ3v) is 3.55. The Bertz CT molecular complexity index is 442. The number of carbonyl (C=O) groups excluding carboxylic acids is 1. The van der Waals surface area contributed by atoms with E-state index in [1.165, 1.54) is 12.8 Å². The Morgan fingerprint density at radius 3 is 2.78 bits per heavy atom. The van der Waals surface area contributed by atoms with Gasteiger partial charge in [0.2, 0.25) is 0 Å². The highest BCUT2D eigenvalue weighted by Crippen LogP contribution is 2.30. The van der Waals surface area contributed by atoms with Crippen molar-refractivity contribution in [2.45, 2.75) is 31.3 Å². The largest absolute Gasteiger partial charge is 0.365 e. The quantitative estimate of drug-likeness (QED) is 0.795. The number of nitrogens with two attached hydrogens (primary N) is 1. The van der Waals surface area contributed by atoms with Crippen molar-refractivity contribution in [1.82, 2.24) is 15.1 Å². The molecule has 0 radical (unpaired) electrons. The molecule has 3 N–H and O–H groups in total. The summed E-state index contributed by atoms with van der Waals surface area (Å²) in [6.45, 7) is 2.24. The van der Waals surface area contributed by atoms with E-state index in [4.69, 9.17) is 5.73 Å². The molecule has 2 aliphatic rings. The zero-order valence-corrected chi connectivity index (χ0v) is 10.2. The molecule has 2 heterocycles. The van der Waals surface area contributed by atoms with Crippen LogP contribution in [0, 0.1) is 0 Å². The van der Waals surface area contributed by atoms with Crippen molar-refractivity contribution in [2.75, 3.05) is 18.4 Å². The zero-order valence-electron chi connectivity index (χ0n) is 10.2. The van der Waals surface area contributed by atoms with Gasteiger partial charge in [0.1, 0.15) is 5.82 Å². The smallest absolute Gasteiger partial charge is 0.269 e. The molecule has 1 atom stereocenters. The molecule has 1 saturated heterocycles. The maximum absolute atomic E-state index is 10.9. The van der Waals surface area contributed by atoms with Crippen LogP contribution < -0.4 is 11.1 Å².